The summed E-state index contributed by atoms with van der Waals surface area (Å²) in [6.45, 7) is 1.44. The molecule has 1 N–H and O–H groups in total. The second-order valence-corrected chi connectivity index (χ2v) is 6.33. The van der Waals surface area contributed by atoms with Crippen molar-refractivity contribution in [2.75, 3.05) is 33.8 Å². The Hall–Kier alpha value is -2.52. The molecule has 1 fully saturated rings. The van der Waals surface area contributed by atoms with Crippen LogP contribution >= 0.6 is 0 Å². The number of rotatable bonds is 4. The number of morpholine rings is 1. The molecule has 134 valence electrons. The Balaban J connectivity index is 1.98. The Labute approximate surface area is 145 Å². The summed E-state index contributed by atoms with van der Waals surface area (Å²) >= 11 is 0. The molecule has 0 radical (unpaired) electrons. The van der Waals surface area contributed by atoms with E-state index in [1.807, 2.05) is 32.2 Å². The summed E-state index contributed by atoms with van der Waals surface area (Å²) in [6.07, 6.45) is 6.19. The highest BCUT2D eigenvalue weighted by molar-refractivity contribution is 5.92. The van der Waals surface area contributed by atoms with Gasteiger partial charge >= 0.3 is 0 Å². The average Bonchev–Trinajstić information content (AvgIpc) is 3.00. The predicted octanol–water partition coefficient (Wildman–Crippen LogP) is -0.353. The number of hydrogen-bond donors (Lipinski definition) is 1. The van der Waals surface area contributed by atoms with Crippen molar-refractivity contribution in [3.05, 3.63) is 46.4 Å². The first-order valence-electron chi connectivity index (χ1n) is 8.07. The lowest BCUT2D eigenvalue weighted by molar-refractivity contribution is -0.0686. The van der Waals surface area contributed by atoms with E-state index in [-0.39, 0.29) is 17.8 Å². The van der Waals surface area contributed by atoms with Gasteiger partial charge in [-0.2, -0.15) is 5.10 Å². The molecule has 25 heavy (non-hydrogen) atoms. The lowest BCUT2D eigenvalue weighted by Crippen LogP contribution is -2.52. The number of nitrogens with one attached hydrogen (secondary N) is 1. The van der Waals surface area contributed by atoms with Gasteiger partial charge in [0, 0.05) is 44.3 Å². The predicted molar refractivity (Wildman–Crippen MR) is 90.1 cm³/mol. The van der Waals surface area contributed by atoms with E-state index >= 15 is 0 Å². The lowest BCUT2D eigenvalue weighted by atomic mass is 10.00. The zero-order valence-electron chi connectivity index (χ0n) is 14.5. The number of likely N-dealkylation sites (N-methyl/N-ethyl adjacent to an activating group) is 1. The van der Waals surface area contributed by atoms with Crippen LogP contribution in [0.4, 0.5) is 0 Å². The fourth-order valence-electron chi connectivity index (χ4n) is 3.10. The van der Waals surface area contributed by atoms with Crippen molar-refractivity contribution >= 4 is 5.91 Å². The molecule has 2 aromatic heterocycles. The summed E-state index contributed by atoms with van der Waals surface area (Å²) in [6, 6.07) is -0.334. The maximum Gasteiger partial charge on any atom is 0.279 e. The molecule has 0 spiro atoms. The van der Waals surface area contributed by atoms with Crippen molar-refractivity contribution in [2.24, 2.45) is 7.05 Å². The fourth-order valence-corrected chi connectivity index (χ4v) is 3.10. The van der Waals surface area contributed by atoms with Gasteiger partial charge < -0.3 is 19.5 Å². The van der Waals surface area contributed by atoms with Crippen LogP contribution in [0.15, 0.2) is 29.6 Å². The molecule has 1 aliphatic heterocycles. The lowest BCUT2D eigenvalue weighted by Gasteiger charge is -2.41. The first kappa shape index (κ1) is 17.3. The van der Waals surface area contributed by atoms with Gasteiger partial charge in [0.05, 0.1) is 24.9 Å². The summed E-state index contributed by atoms with van der Waals surface area (Å²) in [5.74, 6) is -0.400. The van der Waals surface area contributed by atoms with Gasteiger partial charge in [-0.05, 0) is 14.1 Å². The van der Waals surface area contributed by atoms with Crippen LogP contribution < -0.4 is 5.56 Å². The molecule has 0 unspecified atom stereocenters. The van der Waals surface area contributed by atoms with E-state index in [4.69, 9.17) is 4.74 Å². The topological polar surface area (TPSA) is 96.3 Å². The number of hydrogen-bond acceptors (Lipinski definition) is 6. The van der Waals surface area contributed by atoms with Crippen molar-refractivity contribution < 1.29 is 9.53 Å². The third-order valence-electron chi connectivity index (χ3n) is 4.13. The van der Waals surface area contributed by atoms with E-state index in [0.29, 0.717) is 19.7 Å². The van der Waals surface area contributed by atoms with Gasteiger partial charge in [0.25, 0.3) is 11.5 Å². The maximum atomic E-state index is 13.0. The smallest absolute Gasteiger partial charge is 0.279 e. The minimum atomic E-state index is -0.493. The van der Waals surface area contributed by atoms with Crippen molar-refractivity contribution in [1.29, 1.82) is 0 Å². The average molecular weight is 346 g/mol. The number of carbonyl (C=O) groups is 1. The highest BCUT2D eigenvalue weighted by Gasteiger charge is 2.38. The maximum absolute atomic E-state index is 13.0. The van der Waals surface area contributed by atoms with Gasteiger partial charge in [0.1, 0.15) is 0 Å². The molecule has 1 amide bonds. The van der Waals surface area contributed by atoms with Gasteiger partial charge in [0.2, 0.25) is 0 Å². The number of ether oxygens (including phenoxy) is 1. The van der Waals surface area contributed by atoms with E-state index in [1.54, 1.807) is 15.8 Å². The van der Waals surface area contributed by atoms with E-state index in [2.05, 4.69) is 15.1 Å². The number of amides is 1. The van der Waals surface area contributed by atoms with Crippen LogP contribution in [0.3, 0.4) is 0 Å². The van der Waals surface area contributed by atoms with E-state index in [1.165, 1.54) is 12.4 Å². The Morgan fingerprint density at radius 3 is 2.92 bits per heavy atom. The molecule has 0 aliphatic carbocycles. The largest absolute Gasteiger partial charge is 0.373 e. The Morgan fingerprint density at radius 2 is 2.28 bits per heavy atom. The SMILES string of the molecule is CN(C)C[C@@H]1OCCN(C(=O)c2ncc[nH]c2=O)[C@H]1c1cnn(C)c1. The molecule has 0 saturated carbocycles. The molecular weight excluding hydrogens is 324 g/mol. The Bertz CT molecular complexity index is 799. The van der Waals surface area contributed by atoms with Gasteiger partial charge in [-0.1, -0.05) is 0 Å². The van der Waals surface area contributed by atoms with Crippen molar-refractivity contribution in [3.8, 4) is 0 Å². The van der Waals surface area contributed by atoms with Crippen LogP contribution in [-0.4, -0.2) is 75.4 Å². The molecule has 1 aliphatic rings. The highest BCUT2D eigenvalue weighted by Crippen LogP contribution is 2.30. The number of carbonyl (C=O) groups excluding carboxylic acids is 1. The molecular formula is C16H22N6O3. The first-order valence-corrected chi connectivity index (χ1v) is 8.07. The minimum Gasteiger partial charge on any atom is -0.373 e. The molecule has 3 rings (SSSR count). The zero-order valence-corrected chi connectivity index (χ0v) is 14.5. The van der Waals surface area contributed by atoms with Crippen LogP contribution in [0.2, 0.25) is 0 Å². The number of aromatic nitrogens is 4. The van der Waals surface area contributed by atoms with E-state index in [9.17, 15) is 9.59 Å². The van der Waals surface area contributed by atoms with Gasteiger partial charge in [-0.3, -0.25) is 14.3 Å². The number of nitrogens with zero attached hydrogens (tertiary/aromatic N) is 5. The summed E-state index contributed by atoms with van der Waals surface area (Å²) in [4.78, 5) is 35.1. The van der Waals surface area contributed by atoms with E-state index in [0.717, 1.165) is 5.56 Å². The third-order valence-corrected chi connectivity index (χ3v) is 4.13. The Morgan fingerprint density at radius 1 is 1.48 bits per heavy atom. The van der Waals surface area contributed by atoms with Crippen molar-refractivity contribution in [3.63, 3.8) is 0 Å². The van der Waals surface area contributed by atoms with E-state index < -0.39 is 11.5 Å². The summed E-state index contributed by atoms with van der Waals surface area (Å²) in [5.41, 5.74) is 0.268. The van der Waals surface area contributed by atoms with Crippen LogP contribution in [0.1, 0.15) is 22.1 Å². The monoisotopic (exact) mass is 346 g/mol. The molecule has 9 nitrogen and oxygen atoms in total. The molecule has 0 aromatic carbocycles. The van der Waals surface area contributed by atoms with Crippen LogP contribution in [0.5, 0.6) is 0 Å². The summed E-state index contributed by atoms with van der Waals surface area (Å²) in [5, 5.41) is 4.22. The number of aromatic amines is 1. The molecule has 2 atom stereocenters. The van der Waals surface area contributed by atoms with Crippen molar-refractivity contribution in [1.82, 2.24) is 29.5 Å². The minimum absolute atomic E-state index is 0.109. The molecule has 0 bridgehead atoms. The number of aryl methyl sites for hydroxylation is 1. The Kier molecular flexibility index (Phi) is 4.95. The standard InChI is InChI=1S/C16H22N6O3/c1-20(2)10-12-14(11-8-19-21(3)9-11)22(6-7-25-12)16(24)13-15(23)18-5-4-17-13/h4-5,8-9,12,14H,6-7,10H2,1-3H3,(H,18,23)/t12-,14-/m0/s1. The number of H-pyrrole nitrogens is 1. The van der Waals surface area contributed by atoms with Crippen molar-refractivity contribution in [2.45, 2.75) is 12.1 Å². The molecule has 3 heterocycles. The second-order valence-electron chi connectivity index (χ2n) is 6.33. The zero-order chi connectivity index (χ0) is 18.0. The molecule has 9 heteroatoms. The molecule has 2 aromatic rings. The second kappa shape index (κ2) is 7.16. The van der Waals surface area contributed by atoms with Crippen LogP contribution in [-0.2, 0) is 11.8 Å². The van der Waals surface area contributed by atoms with Gasteiger partial charge in [0.15, 0.2) is 5.69 Å². The highest BCUT2D eigenvalue weighted by atomic mass is 16.5. The quantitative estimate of drug-likeness (QED) is 0.813. The normalized spacial score (nSPS) is 20.9. The van der Waals surface area contributed by atoms with Gasteiger partial charge in [-0.25, -0.2) is 4.98 Å². The van der Waals surface area contributed by atoms with Gasteiger partial charge in [-0.15, -0.1) is 0 Å². The summed E-state index contributed by atoms with van der Waals surface area (Å²) < 4.78 is 7.62. The first-order chi connectivity index (χ1) is 12.0. The fraction of sp³-hybridized carbons (Fsp3) is 0.500. The third kappa shape index (κ3) is 3.62. The molecule has 1 saturated heterocycles. The van der Waals surface area contributed by atoms with Crippen LogP contribution in [0.25, 0.3) is 0 Å². The summed E-state index contributed by atoms with van der Waals surface area (Å²) in [7, 11) is 5.73. The van der Waals surface area contributed by atoms with Crippen LogP contribution in [0, 0.1) is 0 Å².